The van der Waals surface area contributed by atoms with E-state index in [1.54, 1.807) is 6.07 Å². The Bertz CT molecular complexity index is 519. The van der Waals surface area contributed by atoms with Gasteiger partial charge in [0.2, 0.25) is 0 Å². The van der Waals surface area contributed by atoms with Crippen molar-refractivity contribution in [2.24, 2.45) is 0 Å². The van der Waals surface area contributed by atoms with Crippen LogP contribution in [-0.2, 0) is 4.74 Å². The molecule has 2 nitrogen and oxygen atoms in total. The summed E-state index contributed by atoms with van der Waals surface area (Å²) in [7, 11) is 1.40. The second-order valence-electron chi connectivity index (χ2n) is 3.14. The van der Waals surface area contributed by atoms with Gasteiger partial charge < -0.3 is 4.74 Å². The number of rotatable bonds is 2. The fourth-order valence-electron chi connectivity index (χ4n) is 1.35. The molecule has 0 saturated heterocycles. The number of benzene rings is 1. The van der Waals surface area contributed by atoms with Crippen LogP contribution in [0, 0.1) is 3.57 Å². The molecule has 0 radical (unpaired) electrons. The quantitative estimate of drug-likeness (QED) is 0.612. The summed E-state index contributed by atoms with van der Waals surface area (Å²) in [6, 6.07) is 11.8. The van der Waals surface area contributed by atoms with E-state index in [-0.39, 0.29) is 5.97 Å². The van der Waals surface area contributed by atoms with Crippen molar-refractivity contribution in [1.29, 1.82) is 0 Å². The summed E-state index contributed by atoms with van der Waals surface area (Å²) >= 11 is 3.74. The molecular formula is C12H9IO2S. The summed E-state index contributed by atoms with van der Waals surface area (Å²) in [5.41, 5.74) is 1.16. The number of esters is 1. The number of hydrogen-bond acceptors (Lipinski definition) is 3. The fourth-order valence-corrected chi connectivity index (χ4v) is 3.18. The molecule has 1 aromatic carbocycles. The zero-order valence-electron chi connectivity index (χ0n) is 8.57. The molecule has 0 unspecified atom stereocenters. The maximum absolute atomic E-state index is 11.3. The van der Waals surface area contributed by atoms with Crippen LogP contribution in [0.25, 0.3) is 10.4 Å². The molecular weight excluding hydrogens is 335 g/mol. The Morgan fingerprint density at radius 2 is 2.00 bits per heavy atom. The number of halogens is 1. The molecule has 4 heteroatoms. The van der Waals surface area contributed by atoms with Crippen LogP contribution in [0.4, 0.5) is 0 Å². The Morgan fingerprint density at radius 3 is 2.69 bits per heavy atom. The van der Waals surface area contributed by atoms with Gasteiger partial charge in [0, 0.05) is 14.0 Å². The lowest BCUT2D eigenvalue weighted by molar-refractivity contribution is 0.0606. The first-order valence-electron chi connectivity index (χ1n) is 4.65. The molecule has 0 atom stereocenters. The number of thiophene rings is 1. The first-order chi connectivity index (χ1) is 7.72. The number of methoxy groups -OCH3 is 1. The third-order valence-electron chi connectivity index (χ3n) is 2.13. The summed E-state index contributed by atoms with van der Waals surface area (Å²) < 4.78 is 5.86. The van der Waals surface area contributed by atoms with Gasteiger partial charge in [0.15, 0.2) is 0 Å². The minimum absolute atomic E-state index is 0.276. The second kappa shape index (κ2) is 4.97. The standard InChI is InChI=1S/C12H9IO2S/c1-15-12(14)11-7-6-10(16-11)8-4-2-3-5-9(8)13/h2-7H,1H3. The molecule has 1 aromatic heterocycles. The highest BCUT2D eigenvalue weighted by molar-refractivity contribution is 14.1. The monoisotopic (exact) mass is 344 g/mol. The van der Waals surface area contributed by atoms with E-state index in [0.29, 0.717) is 4.88 Å². The maximum Gasteiger partial charge on any atom is 0.348 e. The van der Waals surface area contributed by atoms with Crippen molar-refractivity contribution < 1.29 is 9.53 Å². The topological polar surface area (TPSA) is 26.3 Å². The van der Waals surface area contributed by atoms with E-state index in [0.717, 1.165) is 10.4 Å². The van der Waals surface area contributed by atoms with Crippen molar-refractivity contribution in [3.63, 3.8) is 0 Å². The Kier molecular flexibility index (Phi) is 3.60. The van der Waals surface area contributed by atoms with Gasteiger partial charge in [-0.3, -0.25) is 0 Å². The van der Waals surface area contributed by atoms with Crippen molar-refractivity contribution in [3.05, 3.63) is 44.8 Å². The minimum Gasteiger partial charge on any atom is -0.465 e. The third-order valence-corrected chi connectivity index (χ3v) is 4.17. The van der Waals surface area contributed by atoms with E-state index in [2.05, 4.69) is 33.4 Å². The molecule has 0 spiro atoms. The van der Waals surface area contributed by atoms with Gasteiger partial charge in [-0.2, -0.15) is 0 Å². The Morgan fingerprint density at radius 1 is 1.25 bits per heavy atom. The second-order valence-corrected chi connectivity index (χ2v) is 5.38. The van der Waals surface area contributed by atoms with Crippen LogP contribution in [0.5, 0.6) is 0 Å². The smallest absolute Gasteiger partial charge is 0.348 e. The molecule has 0 aliphatic carbocycles. The Balaban J connectivity index is 2.39. The first kappa shape index (κ1) is 11.6. The molecule has 0 amide bonds. The van der Waals surface area contributed by atoms with Gasteiger partial charge in [-0.1, -0.05) is 18.2 Å². The van der Waals surface area contributed by atoms with E-state index < -0.39 is 0 Å². The molecule has 0 saturated carbocycles. The number of carbonyl (C=O) groups excluding carboxylic acids is 1. The number of hydrogen-bond donors (Lipinski definition) is 0. The fraction of sp³-hybridized carbons (Fsp3) is 0.0833. The van der Waals surface area contributed by atoms with Gasteiger partial charge in [0.1, 0.15) is 4.88 Å². The van der Waals surface area contributed by atoms with E-state index in [1.807, 2.05) is 24.3 Å². The summed E-state index contributed by atoms with van der Waals surface area (Å²) in [6.07, 6.45) is 0. The lowest BCUT2D eigenvalue weighted by atomic mass is 10.2. The summed E-state index contributed by atoms with van der Waals surface area (Å²) in [5.74, 6) is -0.276. The van der Waals surface area contributed by atoms with Crippen LogP contribution in [0.1, 0.15) is 9.67 Å². The zero-order chi connectivity index (χ0) is 11.5. The summed E-state index contributed by atoms with van der Waals surface area (Å²) in [5, 5.41) is 0. The van der Waals surface area contributed by atoms with Crippen LogP contribution >= 0.6 is 33.9 Å². The summed E-state index contributed by atoms with van der Waals surface area (Å²) in [4.78, 5) is 13.1. The number of carbonyl (C=O) groups is 1. The van der Waals surface area contributed by atoms with Gasteiger partial charge in [-0.15, -0.1) is 11.3 Å². The van der Waals surface area contributed by atoms with E-state index in [1.165, 1.54) is 22.0 Å². The molecule has 0 aliphatic rings. The van der Waals surface area contributed by atoms with Crippen molar-refractivity contribution >= 4 is 39.9 Å². The Labute approximate surface area is 111 Å². The van der Waals surface area contributed by atoms with Crippen molar-refractivity contribution in [2.75, 3.05) is 7.11 Å². The Hall–Kier alpha value is -0.880. The van der Waals surface area contributed by atoms with Crippen LogP contribution in [0.15, 0.2) is 36.4 Å². The van der Waals surface area contributed by atoms with Gasteiger partial charge in [-0.25, -0.2) is 4.79 Å². The molecule has 0 aliphatic heterocycles. The van der Waals surface area contributed by atoms with Crippen molar-refractivity contribution in [2.45, 2.75) is 0 Å². The molecule has 2 aromatic rings. The normalized spacial score (nSPS) is 10.1. The first-order valence-corrected chi connectivity index (χ1v) is 6.55. The van der Waals surface area contributed by atoms with Crippen LogP contribution in [0.2, 0.25) is 0 Å². The van der Waals surface area contributed by atoms with Crippen molar-refractivity contribution in [3.8, 4) is 10.4 Å². The average Bonchev–Trinajstić information content (AvgIpc) is 2.78. The largest absolute Gasteiger partial charge is 0.465 e. The molecule has 0 fully saturated rings. The molecule has 0 N–H and O–H groups in total. The van der Waals surface area contributed by atoms with Gasteiger partial charge >= 0.3 is 5.97 Å². The third kappa shape index (κ3) is 2.27. The highest BCUT2D eigenvalue weighted by atomic mass is 127. The van der Waals surface area contributed by atoms with E-state index in [4.69, 9.17) is 0 Å². The predicted molar refractivity (Wildman–Crippen MR) is 73.8 cm³/mol. The molecule has 1 heterocycles. The lowest BCUT2D eigenvalue weighted by Gasteiger charge is -1.99. The highest BCUT2D eigenvalue weighted by Crippen LogP contribution is 2.31. The van der Waals surface area contributed by atoms with E-state index >= 15 is 0 Å². The molecule has 2 rings (SSSR count). The van der Waals surface area contributed by atoms with Gasteiger partial charge in [-0.05, 0) is 40.8 Å². The summed E-state index contributed by atoms with van der Waals surface area (Å²) in [6.45, 7) is 0. The minimum atomic E-state index is -0.276. The van der Waals surface area contributed by atoms with E-state index in [9.17, 15) is 4.79 Å². The van der Waals surface area contributed by atoms with Crippen LogP contribution in [-0.4, -0.2) is 13.1 Å². The van der Waals surface area contributed by atoms with Gasteiger partial charge in [0.05, 0.1) is 7.11 Å². The average molecular weight is 344 g/mol. The van der Waals surface area contributed by atoms with Gasteiger partial charge in [0.25, 0.3) is 0 Å². The van der Waals surface area contributed by atoms with Crippen LogP contribution < -0.4 is 0 Å². The number of ether oxygens (including phenoxy) is 1. The SMILES string of the molecule is COC(=O)c1ccc(-c2ccccc2I)s1. The zero-order valence-corrected chi connectivity index (χ0v) is 11.5. The molecule has 16 heavy (non-hydrogen) atoms. The predicted octanol–water partition coefficient (Wildman–Crippen LogP) is 3.81. The maximum atomic E-state index is 11.3. The molecule has 0 bridgehead atoms. The molecule has 82 valence electrons. The lowest BCUT2D eigenvalue weighted by Crippen LogP contribution is -1.96. The highest BCUT2D eigenvalue weighted by Gasteiger charge is 2.11. The van der Waals surface area contributed by atoms with Crippen LogP contribution in [0.3, 0.4) is 0 Å². The van der Waals surface area contributed by atoms with Crippen molar-refractivity contribution in [1.82, 2.24) is 0 Å².